The largest absolute Gasteiger partial charge is 0.493 e. The van der Waals surface area contributed by atoms with Crippen molar-refractivity contribution in [1.29, 1.82) is 0 Å². The van der Waals surface area contributed by atoms with Crippen LogP contribution in [0.2, 0.25) is 0 Å². The molecule has 0 bridgehead atoms. The third-order valence-corrected chi connectivity index (χ3v) is 3.26. The number of ether oxygens (including phenoxy) is 3. The van der Waals surface area contributed by atoms with Gasteiger partial charge in [0.15, 0.2) is 18.1 Å². The zero-order valence-electron chi connectivity index (χ0n) is 14.6. The molecule has 144 valence electrons. The van der Waals surface area contributed by atoms with E-state index in [2.05, 4.69) is 15.2 Å². The van der Waals surface area contributed by atoms with E-state index >= 15 is 0 Å². The lowest BCUT2D eigenvalue weighted by molar-refractivity contribution is -0.120. The van der Waals surface area contributed by atoms with Crippen LogP contribution in [0.1, 0.15) is 5.56 Å². The van der Waals surface area contributed by atoms with Crippen LogP contribution in [0.25, 0.3) is 0 Å². The third-order valence-electron chi connectivity index (χ3n) is 3.26. The average Bonchev–Trinajstić information content (AvgIpc) is 2.66. The van der Waals surface area contributed by atoms with Gasteiger partial charge in [-0.15, -0.1) is 0 Å². The molecular formula is C18H18F2N2O5. The number of nitrogens with one attached hydrogen (secondary N) is 1. The number of halogens is 2. The summed E-state index contributed by atoms with van der Waals surface area (Å²) >= 11 is 0. The first kappa shape index (κ1) is 20.0. The predicted octanol–water partition coefficient (Wildman–Crippen LogP) is 3.29. The van der Waals surface area contributed by atoms with Gasteiger partial charge in [-0.05, 0) is 36.4 Å². The molecule has 2 rings (SSSR count). The molecule has 0 aliphatic rings. The molecule has 0 aliphatic heterocycles. The van der Waals surface area contributed by atoms with Gasteiger partial charge in [0.05, 0.1) is 20.4 Å². The minimum atomic E-state index is -2.90. The van der Waals surface area contributed by atoms with Crippen LogP contribution in [-0.2, 0) is 9.63 Å². The summed E-state index contributed by atoms with van der Waals surface area (Å²) < 4.78 is 38.8. The van der Waals surface area contributed by atoms with E-state index in [0.29, 0.717) is 22.7 Å². The number of hydrogen-bond donors (Lipinski definition) is 1. The zero-order chi connectivity index (χ0) is 19.6. The van der Waals surface area contributed by atoms with Crippen molar-refractivity contribution in [2.45, 2.75) is 6.61 Å². The Hall–Kier alpha value is -3.36. The molecule has 9 heteroatoms. The van der Waals surface area contributed by atoms with Gasteiger partial charge in [0.2, 0.25) is 0 Å². The highest BCUT2D eigenvalue weighted by Gasteiger charge is 2.08. The Balaban J connectivity index is 1.85. The van der Waals surface area contributed by atoms with Crippen molar-refractivity contribution in [2.75, 3.05) is 26.1 Å². The van der Waals surface area contributed by atoms with E-state index in [4.69, 9.17) is 14.3 Å². The minimum Gasteiger partial charge on any atom is -0.493 e. The van der Waals surface area contributed by atoms with Crippen molar-refractivity contribution in [2.24, 2.45) is 5.16 Å². The van der Waals surface area contributed by atoms with Crippen molar-refractivity contribution in [1.82, 2.24) is 0 Å². The van der Waals surface area contributed by atoms with Gasteiger partial charge in [0.1, 0.15) is 5.75 Å². The Bertz CT molecular complexity index is 782. The van der Waals surface area contributed by atoms with Gasteiger partial charge in [0, 0.05) is 11.3 Å². The van der Waals surface area contributed by atoms with Gasteiger partial charge >= 0.3 is 6.61 Å². The number of rotatable bonds is 9. The standard InChI is InChI=1S/C18H18F2N2O5/c1-24-15-5-3-4-12(17(15)25-2)10-21-26-11-16(23)22-13-6-8-14(9-7-13)27-18(19)20/h3-10,18H,11H2,1-2H3,(H,22,23)/b21-10-. The van der Waals surface area contributed by atoms with Gasteiger partial charge in [-0.3, -0.25) is 4.79 Å². The van der Waals surface area contributed by atoms with Crippen LogP contribution in [0.5, 0.6) is 17.2 Å². The minimum absolute atomic E-state index is 0.00362. The van der Waals surface area contributed by atoms with Crippen LogP contribution in [-0.4, -0.2) is 39.6 Å². The third kappa shape index (κ3) is 6.14. The molecule has 0 radical (unpaired) electrons. The molecule has 0 aromatic heterocycles. The Kier molecular flexibility index (Phi) is 7.36. The van der Waals surface area contributed by atoms with Gasteiger partial charge < -0.3 is 24.4 Å². The van der Waals surface area contributed by atoms with Crippen molar-refractivity contribution < 1.29 is 32.6 Å². The molecule has 7 nitrogen and oxygen atoms in total. The lowest BCUT2D eigenvalue weighted by Gasteiger charge is -2.09. The molecule has 0 aliphatic carbocycles. The Labute approximate surface area is 154 Å². The smallest absolute Gasteiger partial charge is 0.387 e. The Morgan fingerprint density at radius 3 is 2.52 bits per heavy atom. The maximum Gasteiger partial charge on any atom is 0.387 e. The number of amides is 1. The number of methoxy groups -OCH3 is 2. The van der Waals surface area contributed by atoms with Crippen molar-refractivity contribution in [3.05, 3.63) is 48.0 Å². The van der Waals surface area contributed by atoms with Crippen molar-refractivity contribution in [3.8, 4) is 17.2 Å². The summed E-state index contributed by atoms with van der Waals surface area (Å²) in [7, 11) is 3.02. The molecule has 2 aromatic carbocycles. The quantitative estimate of drug-likeness (QED) is 0.534. The summed E-state index contributed by atoms with van der Waals surface area (Å²) in [6.45, 7) is -3.24. The van der Waals surface area contributed by atoms with E-state index in [1.54, 1.807) is 18.2 Å². The number of benzene rings is 2. The number of para-hydroxylation sites is 1. The maximum atomic E-state index is 12.1. The molecule has 0 heterocycles. The number of carbonyl (C=O) groups is 1. The molecule has 0 saturated carbocycles. The Morgan fingerprint density at radius 2 is 1.89 bits per heavy atom. The monoisotopic (exact) mass is 380 g/mol. The second-order valence-corrected chi connectivity index (χ2v) is 5.04. The molecule has 1 N–H and O–H groups in total. The number of anilines is 1. The number of alkyl halides is 2. The van der Waals surface area contributed by atoms with Gasteiger partial charge in [0.25, 0.3) is 5.91 Å². The lowest BCUT2D eigenvalue weighted by atomic mass is 10.2. The van der Waals surface area contributed by atoms with Gasteiger partial charge in [-0.1, -0.05) is 11.2 Å². The van der Waals surface area contributed by atoms with E-state index in [0.717, 1.165) is 0 Å². The van der Waals surface area contributed by atoms with Crippen LogP contribution in [0.3, 0.4) is 0 Å². The zero-order valence-corrected chi connectivity index (χ0v) is 14.6. The highest BCUT2D eigenvalue weighted by molar-refractivity contribution is 5.91. The predicted molar refractivity (Wildman–Crippen MR) is 94.8 cm³/mol. The van der Waals surface area contributed by atoms with Crippen LogP contribution in [0.15, 0.2) is 47.6 Å². The number of hydrogen-bond acceptors (Lipinski definition) is 6. The van der Waals surface area contributed by atoms with Gasteiger partial charge in [-0.25, -0.2) is 0 Å². The Morgan fingerprint density at radius 1 is 1.15 bits per heavy atom. The summed E-state index contributed by atoms with van der Waals surface area (Å²) in [5.74, 6) is 0.560. The summed E-state index contributed by atoms with van der Waals surface area (Å²) in [4.78, 5) is 16.8. The van der Waals surface area contributed by atoms with E-state index in [1.807, 2.05) is 0 Å². The summed E-state index contributed by atoms with van der Waals surface area (Å²) in [5, 5.41) is 6.27. The first-order valence-electron chi connectivity index (χ1n) is 7.74. The van der Waals surface area contributed by atoms with E-state index in [-0.39, 0.29) is 12.4 Å². The average molecular weight is 380 g/mol. The van der Waals surface area contributed by atoms with Crippen LogP contribution in [0, 0.1) is 0 Å². The van der Waals surface area contributed by atoms with E-state index in [1.165, 1.54) is 44.7 Å². The van der Waals surface area contributed by atoms with Gasteiger partial charge in [-0.2, -0.15) is 8.78 Å². The summed E-state index contributed by atoms with van der Waals surface area (Å²) in [6.07, 6.45) is 1.39. The highest BCUT2D eigenvalue weighted by atomic mass is 19.3. The molecular weight excluding hydrogens is 362 g/mol. The molecule has 0 fully saturated rings. The molecule has 27 heavy (non-hydrogen) atoms. The summed E-state index contributed by atoms with van der Waals surface area (Å²) in [5.41, 5.74) is 1.02. The van der Waals surface area contributed by atoms with Crippen molar-refractivity contribution in [3.63, 3.8) is 0 Å². The second-order valence-electron chi connectivity index (χ2n) is 5.04. The fraction of sp³-hybridized carbons (Fsp3) is 0.222. The normalized spacial score (nSPS) is 10.7. The summed E-state index contributed by atoms with van der Waals surface area (Å²) in [6, 6.07) is 10.7. The lowest BCUT2D eigenvalue weighted by Crippen LogP contribution is -2.17. The fourth-order valence-electron chi connectivity index (χ4n) is 2.12. The second kappa shape index (κ2) is 9.95. The maximum absolute atomic E-state index is 12.1. The number of carbonyl (C=O) groups excluding carboxylic acids is 1. The number of oxime groups is 1. The topological polar surface area (TPSA) is 78.4 Å². The first-order chi connectivity index (χ1) is 13.0. The van der Waals surface area contributed by atoms with Crippen LogP contribution in [0.4, 0.5) is 14.5 Å². The highest BCUT2D eigenvalue weighted by Crippen LogP contribution is 2.29. The molecule has 1 amide bonds. The van der Waals surface area contributed by atoms with E-state index in [9.17, 15) is 13.6 Å². The SMILES string of the molecule is COc1cccc(/C=N\OCC(=O)Nc2ccc(OC(F)F)cc2)c1OC. The van der Waals surface area contributed by atoms with Crippen molar-refractivity contribution >= 4 is 17.8 Å². The number of nitrogens with zero attached hydrogens (tertiary/aromatic N) is 1. The van der Waals surface area contributed by atoms with Crippen LogP contribution < -0.4 is 19.5 Å². The van der Waals surface area contributed by atoms with E-state index < -0.39 is 12.5 Å². The molecule has 0 spiro atoms. The molecule has 0 atom stereocenters. The molecule has 0 saturated heterocycles. The molecule has 0 unspecified atom stereocenters. The first-order valence-corrected chi connectivity index (χ1v) is 7.74. The fourth-order valence-corrected chi connectivity index (χ4v) is 2.12. The van der Waals surface area contributed by atoms with Crippen LogP contribution >= 0.6 is 0 Å². The molecule has 2 aromatic rings.